The highest BCUT2D eigenvalue weighted by Crippen LogP contribution is 2.41. The first-order valence-corrected chi connectivity index (χ1v) is 9.93. The van der Waals surface area contributed by atoms with Crippen LogP contribution in [0.25, 0.3) is 0 Å². The van der Waals surface area contributed by atoms with Crippen molar-refractivity contribution in [1.29, 1.82) is 0 Å². The van der Waals surface area contributed by atoms with E-state index in [1.165, 1.54) is 4.90 Å². The fraction of sp³-hybridized carbons (Fsp3) is 0.333. The van der Waals surface area contributed by atoms with E-state index in [1.54, 1.807) is 44.3 Å². The summed E-state index contributed by atoms with van der Waals surface area (Å²) in [5, 5.41) is 9.01. The second-order valence-electron chi connectivity index (χ2n) is 7.74. The minimum absolute atomic E-state index is 0.202. The quantitative estimate of drug-likeness (QED) is 0.673. The zero-order valence-corrected chi connectivity index (χ0v) is 17.3. The van der Waals surface area contributed by atoms with Crippen molar-refractivity contribution < 1.29 is 18.7 Å². The van der Waals surface area contributed by atoms with Gasteiger partial charge in [0.25, 0.3) is 0 Å². The Morgan fingerprint density at radius 1 is 1.40 bits per heavy atom. The number of rotatable bonds is 3. The predicted molar refractivity (Wildman–Crippen MR) is 113 cm³/mol. The minimum atomic E-state index is -1.06. The number of carbonyl (C=O) groups excluding carboxylic acids is 2. The van der Waals surface area contributed by atoms with Crippen molar-refractivity contribution in [2.45, 2.75) is 31.5 Å². The van der Waals surface area contributed by atoms with E-state index >= 15 is 0 Å². The molecule has 9 heteroatoms. The van der Waals surface area contributed by atoms with Crippen molar-refractivity contribution in [3.8, 4) is 5.75 Å². The number of amides is 4. The topological polar surface area (TPSA) is 82.7 Å². The van der Waals surface area contributed by atoms with Gasteiger partial charge in [0.15, 0.2) is 0 Å². The van der Waals surface area contributed by atoms with Crippen LogP contribution in [0, 0.1) is 0 Å². The van der Waals surface area contributed by atoms with Gasteiger partial charge in [-0.3, -0.25) is 4.90 Å². The standard InChI is InChI=1S/C21H22ClFN4O3/c1-21(11-23)9-16(13-7-6-12(22)8-18(13)30-21)26-19(28)25-15-4-3-5-17-14(15)10-24-20(29)27(17)2/h3-8,16H,9-11H2,1-2H3,(H,24,29)(H2,25,26,28)/t16-,21+/m1/s1. The largest absolute Gasteiger partial charge is 0.484 e. The molecule has 0 aromatic heterocycles. The van der Waals surface area contributed by atoms with Gasteiger partial charge >= 0.3 is 12.1 Å². The molecular weight excluding hydrogens is 411 g/mol. The summed E-state index contributed by atoms with van der Waals surface area (Å²) in [6.45, 7) is 1.28. The second kappa shape index (κ2) is 7.68. The molecule has 0 unspecified atom stereocenters. The lowest BCUT2D eigenvalue weighted by Gasteiger charge is -2.38. The maximum Gasteiger partial charge on any atom is 0.321 e. The number of nitrogens with one attached hydrogen (secondary N) is 3. The first-order valence-electron chi connectivity index (χ1n) is 9.55. The molecule has 158 valence electrons. The van der Waals surface area contributed by atoms with E-state index < -0.39 is 24.3 Å². The Morgan fingerprint density at radius 2 is 2.20 bits per heavy atom. The molecule has 2 atom stereocenters. The number of urea groups is 2. The number of halogens is 2. The monoisotopic (exact) mass is 432 g/mol. The van der Waals surface area contributed by atoms with E-state index in [4.69, 9.17) is 16.3 Å². The number of alkyl halides is 1. The zero-order chi connectivity index (χ0) is 21.5. The van der Waals surface area contributed by atoms with Crippen LogP contribution in [-0.2, 0) is 6.54 Å². The summed E-state index contributed by atoms with van der Waals surface area (Å²) < 4.78 is 19.4. The molecule has 0 fully saturated rings. The molecular formula is C21H22ClFN4O3. The molecule has 2 aromatic rings. The second-order valence-corrected chi connectivity index (χ2v) is 8.18. The lowest BCUT2D eigenvalue weighted by molar-refractivity contribution is 0.0263. The molecule has 0 bridgehead atoms. The highest BCUT2D eigenvalue weighted by molar-refractivity contribution is 6.30. The molecule has 0 radical (unpaired) electrons. The molecule has 4 rings (SSSR count). The summed E-state index contributed by atoms with van der Waals surface area (Å²) in [5.74, 6) is 0.459. The Kier molecular flexibility index (Phi) is 5.19. The third-order valence-corrected chi connectivity index (χ3v) is 5.65. The maximum absolute atomic E-state index is 13.6. The van der Waals surface area contributed by atoms with Crippen LogP contribution in [0.5, 0.6) is 5.75 Å². The van der Waals surface area contributed by atoms with E-state index in [2.05, 4.69) is 16.0 Å². The molecule has 2 aliphatic heterocycles. The van der Waals surface area contributed by atoms with Crippen LogP contribution in [0.4, 0.5) is 25.4 Å². The summed E-state index contributed by atoms with van der Waals surface area (Å²) in [4.78, 5) is 26.1. The number of anilines is 2. The smallest absolute Gasteiger partial charge is 0.321 e. The van der Waals surface area contributed by atoms with Gasteiger partial charge in [0.1, 0.15) is 18.0 Å². The van der Waals surface area contributed by atoms with Crippen LogP contribution < -0.4 is 25.6 Å². The van der Waals surface area contributed by atoms with Gasteiger partial charge in [0.05, 0.1) is 11.7 Å². The highest BCUT2D eigenvalue weighted by atomic mass is 35.5. The normalized spacial score (nSPS) is 22.3. The van der Waals surface area contributed by atoms with E-state index in [-0.39, 0.29) is 12.5 Å². The first kappa shape index (κ1) is 20.3. The third-order valence-electron chi connectivity index (χ3n) is 5.41. The van der Waals surface area contributed by atoms with E-state index in [0.29, 0.717) is 23.0 Å². The van der Waals surface area contributed by atoms with Gasteiger partial charge in [0.2, 0.25) is 0 Å². The summed E-state index contributed by atoms with van der Waals surface area (Å²) in [6, 6.07) is 9.39. The maximum atomic E-state index is 13.6. The number of nitrogens with zero attached hydrogens (tertiary/aromatic N) is 1. The van der Waals surface area contributed by atoms with Crippen molar-refractivity contribution in [3.63, 3.8) is 0 Å². The SMILES string of the molecule is CN1C(=O)NCc2c(NC(=O)N[C@@H]3C[C@@](C)(CF)Oc4cc(Cl)ccc43)cccc21. The Labute approximate surface area is 178 Å². The zero-order valence-electron chi connectivity index (χ0n) is 16.6. The molecule has 0 aliphatic carbocycles. The van der Waals surface area contributed by atoms with Gasteiger partial charge in [0, 0.05) is 41.9 Å². The number of hydrogen-bond donors (Lipinski definition) is 3. The average molecular weight is 433 g/mol. The van der Waals surface area contributed by atoms with Crippen LogP contribution in [0.3, 0.4) is 0 Å². The average Bonchev–Trinajstić information content (AvgIpc) is 2.70. The Hall–Kier alpha value is -3.00. The van der Waals surface area contributed by atoms with Crippen LogP contribution >= 0.6 is 11.6 Å². The lowest BCUT2D eigenvalue weighted by atomic mass is 9.89. The fourth-order valence-corrected chi connectivity index (χ4v) is 4.01. The lowest BCUT2D eigenvalue weighted by Crippen LogP contribution is -2.46. The van der Waals surface area contributed by atoms with Crippen LogP contribution in [0.2, 0.25) is 5.02 Å². The Balaban J connectivity index is 1.56. The molecule has 0 saturated heterocycles. The van der Waals surface area contributed by atoms with Crippen molar-refractivity contribution in [2.24, 2.45) is 0 Å². The van der Waals surface area contributed by atoms with Gasteiger partial charge in [-0.05, 0) is 31.2 Å². The molecule has 2 heterocycles. The van der Waals surface area contributed by atoms with Gasteiger partial charge in [-0.15, -0.1) is 0 Å². The number of benzene rings is 2. The molecule has 2 aliphatic rings. The van der Waals surface area contributed by atoms with Crippen molar-refractivity contribution >= 4 is 35.0 Å². The number of fused-ring (bicyclic) bond motifs is 2. The molecule has 30 heavy (non-hydrogen) atoms. The van der Waals surface area contributed by atoms with Crippen LogP contribution in [0.1, 0.15) is 30.5 Å². The van der Waals surface area contributed by atoms with E-state index in [0.717, 1.165) is 16.8 Å². The number of carbonyl (C=O) groups is 2. The summed E-state index contributed by atoms with van der Waals surface area (Å²) >= 11 is 6.06. The Bertz CT molecular complexity index is 1020. The summed E-state index contributed by atoms with van der Waals surface area (Å²) in [5.41, 5.74) is 1.81. The molecule has 4 amide bonds. The highest BCUT2D eigenvalue weighted by Gasteiger charge is 2.38. The van der Waals surface area contributed by atoms with Gasteiger partial charge in [-0.2, -0.15) is 0 Å². The molecule has 2 aromatic carbocycles. The molecule has 7 nitrogen and oxygen atoms in total. The van der Waals surface area contributed by atoms with Gasteiger partial charge in [-0.1, -0.05) is 23.7 Å². The van der Waals surface area contributed by atoms with E-state index in [1.807, 2.05) is 6.07 Å². The number of hydrogen-bond acceptors (Lipinski definition) is 3. The minimum Gasteiger partial charge on any atom is -0.484 e. The van der Waals surface area contributed by atoms with Gasteiger partial charge in [-0.25, -0.2) is 14.0 Å². The molecule has 3 N–H and O–H groups in total. The molecule has 0 spiro atoms. The van der Waals surface area contributed by atoms with Crippen LogP contribution in [0.15, 0.2) is 36.4 Å². The van der Waals surface area contributed by atoms with Crippen molar-refractivity contribution in [2.75, 3.05) is 23.9 Å². The third kappa shape index (κ3) is 3.75. The van der Waals surface area contributed by atoms with Gasteiger partial charge < -0.3 is 20.7 Å². The van der Waals surface area contributed by atoms with Crippen molar-refractivity contribution in [3.05, 3.63) is 52.5 Å². The van der Waals surface area contributed by atoms with Crippen LogP contribution in [-0.4, -0.2) is 31.4 Å². The van der Waals surface area contributed by atoms with E-state index in [9.17, 15) is 14.0 Å². The predicted octanol–water partition coefficient (Wildman–Crippen LogP) is 4.37. The molecule has 0 saturated carbocycles. The Morgan fingerprint density at radius 3 is 2.97 bits per heavy atom. The fourth-order valence-electron chi connectivity index (χ4n) is 3.84. The first-order chi connectivity index (χ1) is 14.3. The van der Waals surface area contributed by atoms with Crippen molar-refractivity contribution in [1.82, 2.24) is 10.6 Å². The number of ether oxygens (including phenoxy) is 1. The summed E-state index contributed by atoms with van der Waals surface area (Å²) in [7, 11) is 1.67. The summed E-state index contributed by atoms with van der Waals surface area (Å²) in [6.07, 6.45) is 0.275.